The van der Waals surface area contributed by atoms with E-state index in [4.69, 9.17) is 0 Å². The van der Waals surface area contributed by atoms with Crippen molar-refractivity contribution < 1.29 is 14.0 Å². The molecule has 0 atom stereocenters. The summed E-state index contributed by atoms with van der Waals surface area (Å²) in [6.07, 6.45) is 5.17. The molecular formula is C20H22FN3O2S. The molecule has 0 N–H and O–H groups in total. The zero-order chi connectivity index (χ0) is 18.8. The Labute approximate surface area is 161 Å². The summed E-state index contributed by atoms with van der Waals surface area (Å²) < 4.78 is 15.7. The van der Waals surface area contributed by atoms with Crippen LogP contribution < -0.4 is 4.80 Å². The lowest BCUT2D eigenvalue weighted by atomic mass is 9.96. The molecule has 2 amide bonds. The number of hydrogen-bond acceptors (Lipinski definition) is 3. The van der Waals surface area contributed by atoms with E-state index >= 15 is 0 Å². The Hall–Kier alpha value is -2.28. The van der Waals surface area contributed by atoms with E-state index in [1.165, 1.54) is 17.4 Å². The molecule has 2 aliphatic rings. The second kappa shape index (κ2) is 7.76. The summed E-state index contributed by atoms with van der Waals surface area (Å²) in [7, 11) is 0. The highest BCUT2D eigenvalue weighted by atomic mass is 32.1. The van der Waals surface area contributed by atoms with E-state index in [1.54, 1.807) is 22.8 Å². The molecule has 1 aromatic carbocycles. The van der Waals surface area contributed by atoms with Gasteiger partial charge >= 0.3 is 0 Å². The molecule has 142 valence electrons. The standard InChI is InChI=1S/C20H22FN3O2S/c21-17-4-2-1-3-16(17)13-24-11-12-27-20(24)22-18(25)14-7-9-23(10-8-14)19(26)15-5-6-15/h1-4,11-12,14-15H,5-10,13H2. The molecule has 0 radical (unpaired) electrons. The number of amides is 2. The van der Waals surface area contributed by atoms with E-state index in [0.29, 0.717) is 42.8 Å². The van der Waals surface area contributed by atoms with Crippen molar-refractivity contribution in [2.75, 3.05) is 13.1 Å². The smallest absolute Gasteiger partial charge is 0.251 e. The van der Waals surface area contributed by atoms with Crippen molar-refractivity contribution in [1.82, 2.24) is 9.47 Å². The van der Waals surface area contributed by atoms with Crippen LogP contribution in [0, 0.1) is 17.7 Å². The Bertz CT molecular complexity index is 908. The van der Waals surface area contributed by atoms with Gasteiger partial charge in [-0.05, 0) is 31.7 Å². The molecule has 5 nitrogen and oxygen atoms in total. The van der Waals surface area contributed by atoms with Crippen molar-refractivity contribution in [3.8, 4) is 0 Å². The van der Waals surface area contributed by atoms with Crippen LogP contribution in [0.25, 0.3) is 0 Å². The summed E-state index contributed by atoms with van der Waals surface area (Å²) in [6.45, 7) is 1.62. The Kier molecular flexibility index (Phi) is 5.20. The molecule has 1 saturated heterocycles. The summed E-state index contributed by atoms with van der Waals surface area (Å²) in [5.41, 5.74) is 0.566. The van der Waals surface area contributed by atoms with Gasteiger partial charge in [0.1, 0.15) is 5.82 Å². The summed E-state index contributed by atoms with van der Waals surface area (Å²) in [5.74, 6) is -0.0686. The van der Waals surface area contributed by atoms with Crippen LogP contribution in [0.3, 0.4) is 0 Å². The number of benzene rings is 1. The molecule has 2 heterocycles. The Morgan fingerprint density at radius 3 is 2.56 bits per heavy atom. The molecule has 4 rings (SSSR count). The van der Waals surface area contributed by atoms with Crippen LogP contribution in [0.2, 0.25) is 0 Å². The van der Waals surface area contributed by atoms with Crippen LogP contribution in [0.15, 0.2) is 40.8 Å². The van der Waals surface area contributed by atoms with E-state index in [2.05, 4.69) is 4.99 Å². The van der Waals surface area contributed by atoms with Crippen LogP contribution in [0.5, 0.6) is 0 Å². The Morgan fingerprint density at radius 1 is 1.11 bits per heavy atom. The maximum absolute atomic E-state index is 13.9. The number of nitrogens with zero attached hydrogens (tertiary/aromatic N) is 3. The normalized spacial score (nSPS) is 18.7. The maximum atomic E-state index is 13.9. The number of aromatic nitrogens is 1. The molecule has 1 aliphatic carbocycles. The molecule has 1 saturated carbocycles. The quantitative estimate of drug-likeness (QED) is 0.810. The van der Waals surface area contributed by atoms with Gasteiger partial charge in [-0.1, -0.05) is 18.2 Å². The number of rotatable bonds is 4. The highest BCUT2D eigenvalue weighted by Gasteiger charge is 2.35. The van der Waals surface area contributed by atoms with Gasteiger partial charge in [-0.2, -0.15) is 4.99 Å². The largest absolute Gasteiger partial charge is 0.342 e. The number of likely N-dealkylation sites (tertiary alicyclic amines) is 1. The zero-order valence-electron chi connectivity index (χ0n) is 15.0. The van der Waals surface area contributed by atoms with Crippen LogP contribution in [-0.2, 0) is 16.1 Å². The van der Waals surface area contributed by atoms with Crippen molar-refractivity contribution in [1.29, 1.82) is 0 Å². The maximum Gasteiger partial charge on any atom is 0.251 e. The van der Waals surface area contributed by atoms with Crippen molar-refractivity contribution in [2.24, 2.45) is 16.8 Å². The van der Waals surface area contributed by atoms with Gasteiger partial charge in [0.2, 0.25) is 5.91 Å². The first kappa shape index (κ1) is 18.1. The van der Waals surface area contributed by atoms with Gasteiger partial charge in [0.15, 0.2) is 4.80 Å². The van der Waals surface area contributed by atoms with E-state index in [9.17, 15) is 14.0 Å². The highest BCUT2D eigenvalue weighted by molar-refractivity contribution is 7.07. The van der Waals surface area contributed by atoms with Gasteiger partial charge in [-0.15, -0.1) is 11.3 Å². The molecular weight excluding hydrogens is 365 g/mol. The van der Waals surface area contributed by atoms with Crippen LogP contribution in [0.4, 0.5) is 4.39 Å². The fourth-order valence-electron chi connectivity index (χ4n) is 3.44. The van der Waals surface area contributed by atoms with Crippen molar-refractivity contribution in [2.45, 2.75) is 32.2 Å². The van der Waals surface area contributed by atoms with Gasteiger partial charge < -0.3 is 9.47 Å². The van der Waals surface area contributed by atoms with Crippen LogP contribution in [0.1, 0.15) is 31.2 Å². The minimum Gasteiger partial charge on any atom is -0.342 e. The summed E-state index contributed by atoms with van der Waals surface area (Å²) in [6, 6.07) is 6.62. The fourth-order valence-corrected chi connectivity index (χ4v) is 4.17. The molecule has 0 unspecified atom stereocenters. The third-order valence-electron chi connectivity index (χ3n) is 5.25. The number of hydrogen-bond donors (Lipinski definition) is 0. The van der Waals surface area contributed by atoms with Gasteiger partial charge in [-0.3, -0.25) is 9.59 Å². The predicted octanol–water partition coefficient (Wildman–Crippen LogP) is 2.81. The second-order valence-electron chi connectivity index (χ2n) is 7.23. The number of thiazole rings is 1. The first-order valence-corrected chi connectivity index (χ1v) is 10.2. The molecule has 1 aromatic heterocycles. The van der Waals surface area contributed by atoms with E-state index in [-0.39, 0.29) is 29.5 Å². The van der Waals surface area contributed by atoms with Crippen LogP contribution >= 0.6 is 11.3 Å². The molecule has 7 heteroatoms. The minimum absolute atomic E-state index is 0.141. The van der Waals surface area contributed by atoms with Crippen LogP contribution in [-0.4, -0.2) is 34.4 Å². The molecule has 0 spiro atoms. The van der Waals surface area contributed by atoms with Crippen molar-refractivity contribution in [3.63, 3.8) is 0 Å². The first-order chi connectivity index (χ1) is 13.1. The average molecular weight is 387 g/mol. The number of carbonyl (C=O) groups excluding carboxylic acids is 2. The summed E-state index contributed by atoms with van der Waals surface area (Å²) >= 11 is 1.37. The van der Waals surface area contributed by atoms with Gasteiger partial charge in [-0.25, -0.2) is 4.39 Å². The van der Waals surface area contributed by atoms with Crippen molar-refractivity contribution in [3.05, 3.63) is 52.0 Å². The SMILES string of the molecule is O=C(N=c1sccn1Cc1ccccc1F)C1CCN(C(=O)C2CC2)CC1. The van der Waals surface area contributed by atoms with Gasteiger partial charge in [0.05, 0.1) is 6.54 Å². The monoisotopic (exact) mass is 387 g/mol. The fraction of sp³-hybridized carbons (Fsp3) is 0.450. The number of halogens is 1. The predicted molar refractivity (Wildman–Crippen MR) is 100 cm³/mol. The zero-order valence-corrected chi connectivity index (χ0v) is 15.8. The second-order valence-corrected chi connectivity index (χ2v) is 8.10. The summed E-state index contributed by atoms with van der Waals surface area (Å²) in [4.78, 5) is 31.5. The van der Waals surface area contributed by atoms with Crippen molar-refractivity contribution >= 4 is 23.2 Å². The molecule has 0 bridgehead atoms. The first-order valence-electron chi connectivity index (χ1n) is 9.36. The number of piperidine rings is 1. The van der Waals surface area contributed by atoms with E-state index < -0.39 is 0 Å². The lowest BCUT2D eigenvalue weighted by Gasteiger charge is -2.30. The number of carbonyl (C=O) groups is 2. The Morgan fingerprint density at radius 2 is 1.85 bits per heavy atom. The lowest BCUT2D eigenvalue weighted by molar-refractivity contribution is -0.136. The molecule has 1 aliphatic heterocycles. The molecule has 2 aromatic rings. The van der Waals surface area contributed by atoms with Gasteiger partial charge in [0, 0.05) is 42.1 Å². The van der Waals surface area contributed by atoms with E-state index in [0.717, 1.165) is 12.8 Å². The van der Waals surface area contributed by atoms with Gasteiger partial charge in [0.25, 0.3) is 5.91 Å². The third-order valence-corrected chi connectivity index (χ3v) is 6.04. The topological polar surface area (TPSA) is 54.7 Å². The minimum atomic E-state index is -0.263. The molecule has 27 heavy (non-hydrogen) atoms. The Balaban J connectivity index is 1.42. The molecule has 2 fully saturated rings. The average Bonchev–Trinajstić information content (AvgIpc) is 3.45. The lowest BCUT2D eigenvalue weighted by Crippen LogP contribution is -2.41. The summed E-state index contributed by atoms with van der Waals surface area (Å²) in [5, 5.41) is 1.85. The van der Waals surface area contributed by atoms with E-state index in [1.807, 2.05) is 16.5 Å². The highest BCUT2D eigenvalue weighted by Crippen LogP contribution is 2.32. The third kappa shape index (κ3) is 4.18.